The second-order valence-corrected chi connectivity index (χ2v) is 8.62. The Kier molecular flexibility index (Phi) is 7.27. The van der Waals surface area contributed by atoms with Crippen molar-refractivity contribution in [3.8, 4) is 0 Å². The Balaban J connectivity index is 1.91. The van der Waals surface area contributed by atoms with Crippen molar-refractivity contribution in [2.75, 3.05) is 25.9 Å². The van der Waals surface area contributed by atoms with Gasteiger partial charge in [0.05, 0.1) is 0 Å². The van der Waals surface area contributed by atoms with Crippen LogP contribution in [0.3, 0.4) is 0 Å². The molecule has 2 N–H and O–H groups in total. The summed E-state index contributed by atoms with van der Waals surface area (Å²) in [5.74, 6) is 0. The smallest absolute Gasteiger partial charge is 0.0470 e. The lowest BCUT2D eigenvalue weighted by Gasteiger charge is -2.35. The number of aliphatic hydroxyl groups excluding tert-OH is 1. The molecule has 0 spiro atoms. The summed E-state index contributed by atoms with van der Waals surface area (Å²) in [6, 6.07) is 0. The first-order chi connectivity index (χ1) is 9.85. The first-order valence-electron chi connectivity index (χ1n) is 8.14. The van der Waals surface area contributed by atoms with Gasteiger partial charge in [0.1, 0.15) is 0 Å². The van der Waals surface area contributed by atoms with E-state index in [9.17, 15) is 5.11 Å². The van der Waals surface area contributed by atoms with Crippen molar-refractivity contribution < 1.29 is 5.11 Å². The highest BCUT2D eigenvalue weighted by Crippen LogP contribution is 2.53. The van der Waals surface area contributed by atoms with Crippen LogP contribution in [-0.4, -0.2) is 42.3 Å². The van der Waals surface area contributed by atoms with E-state index in [2.05, 4.69) is 36.9 Å². The van der Waals surface area contributed by atoms with Crippen molar-refractivity contribution >= 4 is 7.92 Å². The summed E-state index contributed by atoms with van der Waals surface area (Å²) < 4.78 is 0. The predicted molar refractivity (Wildman–Crippen MR) is 89.6 cm³/mol. The number of hydrogen-bond donors (Lipinski definition) is 2. The van der Waals surface area contributed by atoms with Gasteiger partial charge in [-0.15, -0.1) is 0 Å². The highest BCUT2D eigenvalue weighted by Gasteiger charge is 2.28. The molecule has 1 fully saturated rings. The van der Waals surface area contributed by atoms with Gasteiger partial charge in [-0.25, -0.2) is 0 Å². The fourth-order valence-corrected chi connectivity index (χ4v) is 6.30. The molecule has 0 amide bonds. The molecule has 0 bridgehead atoms. The summed E-state index contributed by atoms with van der Waals surface area (Å²) in [6.07, 6.45) is 17.4. The first kappa shape index (κ1) is 16.2. The summed E-state index contributed by atoms with van der Waals surface area (Å²) in [4.78, 5) is 0. The molecular weight excluding hydrogens is 265 g/mol. The predicted octanol–water partition coefficient (Wildman–Crippen LogP) is 3.47. The van der Waals surface area contributed by atoms with Gasteiger partial charge in [-0.1, -0.05) is 52.3 Å². The van der Waals surface area contributed by atoms with Gasteiger partial charge in [0.15, 0.2) is 0 Å². The topological polar surface area (TPSA) is 32.3 Å². The monoisotopic (exact) mass is 294 g/mol. The summed E-state index contributed by atoms with van der Waals surface area (Å²) in [6.45, 7) is 4.49. The molecule has 0 aromatic rings. The first-order valence-corrected chi connectivity index (χ1v) is 9.81. The zero-order valence-corrected chi connectivity index (χ0v) is 13.6. The van der Waals surface area contributed by atoms with Gasteiger partial charge in [-0.3, -0.25) is 0 Å². The Bertz CT molecular complexity index is 334. The van der Waals surface area contributed by atoms with Crippen LogP contribution in [0.5, 0.6) is 0 Å². The summed E-state index contributed by atoms with van der Waals surface area (Å²) >= 11 is 0. The van der Waals surface area contributed by atoms with Crippen LogP contribution in [0.25, 0.3) is 0 Å². The minimum atomic E-state index is -0.0864. The highest BCUT2D eigenvalue weighted by atomic mass is 31.1. The lowest BCUT2D eigenvalue weighted by molar-refractivity contribution is 0.320. The number of nitrogens with one attached hydrogen (secondary N) is 1. The third kappa shape index (κ3) is 4.69. The van der Waals surface area contributed by atoms with E-state index >= 15 is 0 Å². The Labute approximate surface area is 125 Å². The zero-order chi connectivity index (χ0) is 14.2. The van der Waals surface area contributed by atoms with Crippen LogP contribution in [0, 0.1) is 6.42 Å². The molecule has 113 valence electrons. The molecule has 1 saturated carbocycles. The molecule has 0 aliphatic heterocycles. The maximum atomic E-state index is 9.42. The van der Waals surface area contributed by atoms with Crippen molar-refractivity contribution in [3.05, 3.63) is 30.2 Å². The zero-order valence-electron chi connectivity index (χ0n) is 12.7. The molecule has 2 unspecified atom stereocenters. The molecule has 2 aliphatic carbocycles. The highest BCUT2D eigenvalue weighted by molar-refractivity contribution is 7.59. The molecule has 2 aliphatic rings. The van der Waals surface area contributed by atoms with Crippen LogP contribution in [0.4, 0.5) is 0 Å². The van der Waals surface area contributed by atoms with Crippen LogP contribution < -0.4 is 5.32 Å². The molecule has 2 nitrogen and oxygen atoms in total. The molecule has 1 radical (unpaired) electrons. The fourth-order valence-electron chi connectivity index (χ4n) is 3.28. The standard InChI is InChI=1S/C17H29NOP/c1-2-18-14-15-8-10-17(11-9-15)20(13-12-19)16-6-4-3-5-7-16/h8-11,16-19H,2-7,12-14H2,1H3. The molecule has 0 saturated heterocycles. The van der Waals surface area contributed by atoms with Crippen molar-refractivity contribution in [2.45, 2.75) is 50.3 Å². The maximum absolute atomic E-state index is 9.42. The van der Waals surface area contributed by atoms with Gasteiger partial charge in [-0.05, 0) is 43.2 Å². The summed E-state index contributed by atoms with van der Waals surface area (Å²) in [5.41, 5.74) is 2.84. The van der Waals surface area contributed by atoms with Crippen molar-refractivity contribution in [1.82, 2.24) is 5.32 Å². The molecule has 3 heteroatoms. The van der Waals surface area contributed by atoms with Gasteiger partial charge in [0.25, 0.3) is 0 Å². The quantitative estimate of drug-likeness (QED) is 0.705. The van der Waals surface area contributed by atoms with Gasteiger partial charge < -0.3 is 10.4 Å². The maximum Gasteiger partial charge on any atom is 0.0470 e. The molecular formula is C17H29NOP. The number of rotatable bonds is 7. The van der Waals surface area contributed by atoms with Gasteiger partial charge >= 0.3 is 0 Å². The number of likely N-dealkylation sites (N-methyl/N-ethyl adjacent to an activating group) is 1. The van der Waals surface area contributed by atoms with Crippen molar-refractivity contribution in [3.63, 3.8) is 0 Å². The van der Waals surface area contributed by atoms with Crippen LogP contribution in [0.1, 0.15) is 39.0 Å². The van der Waals surface area contributed by atoms with Crippen molar-refractivity contribution in [2.24, 2.45) is 0 Å². The van der Waals surface area contributed by atoms with E-state index in [1.165, 1.54) is 37.7 Å². The Hall–Kier alpha value is -0.170. The van der Waals surface area contributed by atoms with Gasteiger partial charge in [-0.2, -0.15) is 0 Å². The van der Waals surface area contributed by atoms with E-state index < -0.39 is 0 Å². The minimum Gasteiger partial charge on any atom is -0.396 e. The van der Waals surface area contributed by atoms with Crippen LogP contribution in [0.2, 0.25) is 0 Å². The lowest BCUT2D eigenvalue weighted by Crippen LogP contribution is -2.22. The lowest BCUT2D eigenvalue weighted by atomic mass is 10.0. The van der Waals surface area contributed by atoms with Crippen LogP contribution >= 0.6 is 7.92 Å². The second kappa shape index (κ2) is 8.97. The van der Waals surface area contributed by atoms with E-state index in [-0.39, 0.29) is 7.92 Å². The fraction of sp³-hybridized carbons (Fsp3) is 0.706. The third-order valence-corrected chi connectivity index (χ3v) is 7.66. The SMILES string of the molecule is CCNCC1=C[CH]C(P(CCO)C2CCCCC2)C=C1. The van der Waals surface area contributed by atoms with E-state index in [0.717, 1.165) is 24.9 Å². The van der Waals surface area contributed by atoms with Crippen LogP contribution in [-0.2, 0) is 0 Å². The molecule has 0 heterocycles. The normalized spacial score (nSPS) is 25.5. The largest absolute Gasteiger partial charge is 0.396 e. The Morgan fingerprint density at radius 3 is 2.70 bits per heavy atom. The average Bonchev–Trinajstić information content (AvgIpc) is 2.52. The number of aliphatic hydroxyl groups is 1. The van der Waals surface area contributed by atoms with E-state index in [1.807, 2.05) is 0 Å². The average molecular weight is 294 g/mol. The van der Waals surface area contributed by atoms with Gasteiger partial charge in [0.2, 0.25) is 0 Å². The molecule has 2 rings (SSSR count). The van der Waals surface area contributed by atoms with E-state index in [1.54, 1.807) is 0 Å². The minimum absolute atomic E-state index is 0.0864. The van der Waals surface area contributed by atoms with Crippen LogP contribution in [0.15, 0.2) is 23.8 Å². The van der Waals surface area contributed by atoms with Gasteiger partial charge in [0, 0.05) is 18.8 Å². The van der Waals surface area contributed by atoms with E-state index in [4.69, 9.17) is 0 Å². The number of allylic oxidation sites excluding steroid dienone is 2. The summed E-state index contributed by atoms with van der Waals surface area (Å²) in [7, 11) is -0.0864. The molecule has 20 heavy (non-hydrogen) atoms. The summed E-state index contributed by atoms with van der Waals surface area (Å²) in [5, 5.41) is 12.8. The van der Waals surface area contributed by atoms with E-state index in [0.29, 0.717) is 12.3 Å². The van der Waals surface area contributed by atoms with Crippen molar-refractivity contribution in [1.29, 1.82) is 0 Å². The molecule has 2 atom stereocenters. The third-order valence-electron chi connectivity index (χ3n) is 4.38. The number of hydrogen-bond acceptors (Lipinski definition) is 2. The molecule has 0 aromatic carbocycles. The second-order valence-electron chi connectivity index (χ2n) is 5.82. The Morgan fingerprint density at radius 1 is 1.30 bits per heavy atom. The Morgan fingerprint density at radius 2 is 2.10 bits per heavy atom. The molecule has 0 aromatic heterocycles.